The molecule has 1 saturated heterocycles. The average Bonchev–Trinajstić information content (AvgIpc) is 2.88. The number of amides is 1. The summed E-state index contributed by atoms with van der Waals surface area (Å²) in [6, 6.07) is 6.02. The largest absolute Gasteiger partial charge is 0.483 e. The molecule has 1 aromatic carbocycles. The molecule has 0 spiro atoms. The van der Waals surface area contributed by atoms with Crippen molar-refractivity contribution in [2.45, 2.75) is 29.8 Å². The molecule has 37 heavy (non-hydrogen) atoms. The summed E-state index contributed by atoms with van der Waals surface area (Å²) in [4.78, 5) is 26.8. The van der Waals surface area contributed by atoms with Gasteiger partial charge in [-0.1, -0.05) is 12.1 Å². The molecule has 1 aromatic heterocycles. The van der Waals surface area contributed by atoms with E-state index in [9.17, 15) is 27.7 Å². The van der Waals surface area contributed by atoms with Gasteiger partial charge in [0.15, 0.2) is 5.75 Å². The predicted molar refractivity (Wildman–Crippen MR) is 136 cm³/mol. The molecule has 2 aromatic rings. The molecule has 1 fully saturated rings. The Morgan fingerprint density at radius 1 is 1.19 bits per heavy atom. The van der Waals surface area contributed by atoms with Crippen molar-refractivity contribution in [2.75, 3.05) is 32.8 Å². The van der Waals surface area contributed by atoms with Crippen LogP contribution in [0.25, 0.3) is 5.57 Å². The molecule has 2 aliphatic rings. The van der Waals surface area contributed by atoms with Crippen LogP contribution in [0.3, 0.4) is 0 Å². The number of nitro benzene ring substituents is 1. The number of aromatic nitrogens is 1. The highest BCUT2D eigenvalue weighted by molar-refractivity contribution is 7.90. The minimum Gasteiger partial charge on any atom is -0.483 e. The maximum atomic E-state index is 14.8. The third kappa shape index (κ3) is 7.01. The highest BCUT2D eigenvalue weighted by atomic mass is 35.5. The van der Waals surface area contributed by atoms with Crippen molar-refractivity contribution < 1.29 is 27.3 Å². The topological polar surface area (TPSA) is 153 Å². The van der Waals surface area contributed by atoms with E-state index in [2.05, 4.69) is 15.6 Å². The quantitative estimate of drug-likeness (QED) is 0.329. The van der Waals surface area contributed by atoms with Crippen LogP contribution >= 0.6 is 12.4 Å². The van der Waals surface area contributed by atoms with E-state index >= 15 is 0 Å². The number of nitrogens with zero attached hydrogens (tertiary/aromatic N) is 2. The molecule has 14 heteroatoms. The number of hydrogen-bond donors (Lipinski definition) is 3. The number of ether oxygens (including phenoxy) is 1. The molecule has 1 amide bonds. The number of halogens is 2. The number of carbonyl (C=O) groups is 1. The standard InChI is InChI=1S/C23H26FN5O6S.ClH/c24-23(7-11-26-12-8-23)15-35-21-4-2-18(13-20(21)29(31)32)36(33,34)28-22(30)19-3-1-17(14-27-19)16-5-9-25-10-6-16;/h1-5,13-14,25-26H,6-12,15H2,(H,28,30);1H. The van der Waals surface area contributed by atoms with Crippen LogP contribution in [0.5, 0.6) is 5.75 Å². The fraction of sp³-hybridized carbons (Fsp3) is 0.391. The van der Waals surface area contributed by atoms with Crippen molar-refractivity contribution in [3.63, 3.8) is 0 Å². The number of piperidine rings is 1. The highest BCUT2D eigenvalue weighted by Gasteiger charge is 2.34. The molecule has 0 radical (unpaired) electrons. The van der Waals surface area contributed by atoms with E-state index in [-0.39, 0.29) is 36.7 Å². The Labute approximate surface area is 219 Å². The van der Waals surface area contributed by atoms with Gasteiger partial charge in [0.25, 0.3) is 15.9 Å². The Morgan fingerprint density at radius 2 is 1.95 bits per heavy atom. The van der Waals surface area contributed by atoms with Crippen LogP contribution in [-0.4, -0.2) is 62.7 Å². The summed E-state index contributed by atoms with van der Waals surface area (Å²) in [5, 5.41) is 17.8. The van der Waals surface area contributed by atoms with Crippen LogP contribution < -0.4 is 20.1 Å². The van der Waals surface area contributed by atoms with Crippen molar-refractivity contribution in [3.05, 3.63) is 64.0 Å². The zero-order valence-corrected chi connectivity index (χ0v) is 21.4. The second kappa shape index (κ2) is 11.9. The van der Waals surface area contributed by atoms with Gasteiger partial charge in [-0.25, -0.2) is 17.5 Å². The number of sulfonamides is 1. The minimum absolute atomic E-state index is 0. The molecule has 0 saturated carbocycles. The van der Waals surface area contributed by atoms with Gasteiger partial charge in [-0.15, -0.1) is 12.4 Å². The number of nitro groups is 1. The van der Waals surface area contributed by atoms with E-state index in [4.69, 9.17) is 4.74 Å². The number of hydrogen-bond acceptors (Lipinski definition) is 9. The first-order valence-corrected chi connectivity index (χ1v) is 12.9. The van der Waals surface area contributed by atoms with Gasteiger partial charge in [0.2, 0.25) is 0 Å². The van der Waals surface area contributed by atoms with Gasteiger partial charge in [0, 0.05) is 18.8 Å². The Balaban J connectivity index is 0.00000380. The molecule has 0 atom stereocenters. The predicted octanol–water partition coefficient (Wildman–Crippen LogP) is 2.38. The molecule has 0 bridgehead atoms. The van der Waals surface area contributed by atoms with Gasteiger partial charge < -0.3 is 15.4 Å². The van der Waals surface area contributed by atoms with Crippen molar-refractivity contribution >= 4 is 39.6 Å². The average molecular weight is 556 g/mol. The molecule has 3 N–H and O–H groups in total. The van der Waals surface area contributed by atoms with Gasteiger partial charge in [0.05, 0.1) is 9.82 Å². The first kappa shape index (κ1) is 28.4. The number of pyridine rings is 1. The lowest BCUT2D eigenvalue weighted by Gasteiger charge is -2.29. The minimum atomic E-state index is -4.46. The van der Waals surface area contributed by atoms with E-state index in [1.165, 1.54) is 12.3 Å². The van der Waals surface area contributed by atoms with Crippen molar-refractivity contribution in [3.8, 4) is 5.75 Å². The van der Waals surface area contributed by atoms with Crippen LogP contribution in [-0.2, 0) is 10.0 Å². The van der Waals surface area contributed by atoms with E-state index in [1.807, 2.05) is 10.8 Å². The van der Waals surface area contributed by atoms with Gasteiger partial charge in [0.1, 0.15) is 18.0 Å². The molecular formula is C23H27ClFN5O6S. The summed E-state index contributed by atoms with van der Waals surface area (Å²) in [6.45, 7) is 2.09. The number of alkyl halides is 1. The number of nitrogens with one attached hydrogen (secondary N) is 3. The SMILES string of the molecule is Cl.O=C(NS(=O)(=O)c1ccc(OCC2(F)CCNCC2)c([N+](=O)[O-])c1)c1ccc(C2=CCNCC2)cn1. The zero-order chi connectivity index (χ0) is 25.8. The van der Waals surface area contributed by atoms with Gasteiger partial charge in [-0.05, 0) is 68.2 Å². The van der Waals surface area contributed by atoms with Crippen LogP contribution in [0.2, 0.25) is 0 Å². The molecule has 3 heterocycles. The molecule has 2 aliphatic heterocycles. The highest BCUT2D eigenvalue weighted by Crippen LogP contribution is 2.32. The van der Waals surface area contributed by atoms with Gasteiger partial charge in [-0.3, -0.25) is 19.9 Å². The Kier molecular flexibility index (Phi) is 9.18. The Bertz CT molecular complexity index is 1280. The monoisotopic (exact) mass is 555 g/mol. The summed E-state index contributed by atoms with van der Waals surface area (Å²) in [5.41, 5.74) is -0.497. The number of rotatable bonds is 8. The Morgan fingerprint density at radius 3 is 2.57 bits per heavy atom. The first-order chi connectivity index (χ1) is 17.2. The maximum absolute atomic E-state index is 14.8. The Hall–Kier alpha value is -3.13. The lowest BCUT2D eigenvalue weighted by molar-refractivity contribution is -0.386. The summed E-state index contributed by atoms with van der Waals surface area (Å²) in [5.74, 6) is -1.24. The van der Waals surface area contributed by atoms with Crippen molar-refractivity contribution in [1.29, 1.82) is 0 Å². The summed E-state index contributed by atoms with van der Waals surface area (Å²) in [6.07, 6.45) is 4.72. The molecule has 0 aliphatic carbocycles. The molecular weight excluding hydrogens is 529 g/mol. The van der Waals surface area contributed by atoms with Gasteiger partial charge in [-0.2, -0.15) is 0 Å². The van der Waals surface area contributed by atoms with Crippen LogP contribution in [0, 0.1) is 10.1 Å². The second-order valence-corrected chi connectivity index (χ2v) is 10.3. The van der Waals surface area contributed by atoms with Crippen LogP contribution in [0.15, 0.2) is 47.5 Å². The fourth-order valence-electron chi connectivity index (χ4n) is 3.99. The lowest BCUT2D eigenvalue weighted by atomic mass is 9.95. The van der Waals surface area contributed by atoms with Crippen molar-refractivity contribution in [2.24, 2.45) is 0 Å². The van der Waals surface area contributed by atoms with E-state index < -0.39 is 43.7 Å². The maximum Gasteiger partial charge on any atom is 0.312 e. The normalized spacial score (nSPS) is 17.2. The van der Waals surface area contributed by atoms with E-state index in [0.29, 0.717) is 13.1 Å². The van der Waals surface area contributed by atoms with E-state index in [1.54, 1.807) is 6.07 Å². The molecule has 11 nitrogen and oxygen atoms in total. The lowest BCUT2D eigenvalue weighted by Crippen LogP contribution is -2.42. The molecule has 0 unspecified atom stereocenters. The summed E-state index contributed by atoms with van der Waals surface area (Å²) >= 11 is 0. The number of benzene rings is 1. The molecule has 200 valence electrons. The smallest absolute Gasteiger partial charge is 0.312 e. The molecule has 4 rings (SSSR count). The van der Waals surface area contributed by atoms with Crippen molar-refractivity contribution in [1.82, 2.24) is 20.3 Å². The third-order valence-electron chi connectivity index (χ3n) is 6.08. The third-order valence-corrected chi connectivity index (χ3v) is 7.41. The summed E-state index contributed by atoms with van der Waals surface area (Å²) < 4.78 is 47.6. The van der Waals surface area contributed by atoms with Gasteiger partial charge >= 0.3 is 5.69 Å². The second-order valence-electron chi connectivity index (χ2n) is 8.63. The first-order valence-electron chi connectivity index (χ1n) is 11.4. The number of carbonyl (C=O) groups excluding carboxylic acids is 1. The zero-order valence-electron chi connectivity index (χ0n) is 19.7. The van der Waals surface area contributed by atoms with Crippen LogP contribution in [0.4, 0.5) is 10.1 Å². The summed E-state index contributed by atoms with van der Waals surface area (Å²) in [7, 11) is -4.46. The van der Waals surface area contributed by atoms with Crippen LogP contribution in [0.1, 0.15) is 35.3 Å². The van der Waals surface area contributed by atoms with E-state index in [0.717, 1.165) is 48.8 Å². The fourth-order valence-corrected chi connectivity index (χ4v) is 4.97.